The van der Waals surface area contributed by atoms with Crippen molar-refractivity contribution < 1.29 is 22.7 Å². The van der Waals surface area contributed by atoms with Crippen molar-refractivity contribution in [3.8, 4) is 0 Å². The molecule has 0 aliphatic rings. The molecule has 140 valence electrons. The van der Waals surface area contributed by atoms with Crippen LogP contribution in [0.25, 0.3) is 0 Å². The van der Waals surface area contributed by atoms with Crippen molar-refractivity contribution in [1.82, 2.24) is 10.0 Å². The topological polar surface area (TPSA) is 102 Å². The zero-order chi connectivity index (χ0) is 19.0. The molecule has 0 spiro atoms. The van der Waals surface area contributed by atoms with Gasteiger partial charge in [-0.2, -0.15) is 4.72 Å². The lowest BCUT2D eigenvalue weighted by molar-refractivity contribution is -0.149. The highest BCUT2D eigenvalue weighted by molar-refractivity contribution is 7.89. The molecule has 0 saturated carbocycles. The minimum Gasteiger partial charge on any atom is -0.454 e. The number of halogens is 2. The van der Waals surface area contributed by atoms with Gasteiger partial charge >= 0.3 is 5.97 Å². The van der Waals surface area contributed by atoms with Crippen LogP contribution in [-0.2, 0) is 24.3 Å². The Bertz CT molecular complexity index is 725. The lowest BCUT2D eigenvalue weighted by Crippen LogP contribution is -2.41. The molecule has 1 rings (SSSR count). The minimum absolute atomic E-state index is 0.0727. The SMILES string of the molecule is CCCCNC(=O)COC(=O)[C@H](C)NS(=O)(=O)c1ccc(Cl)c(Cl)c1. The number of ether oxygens (including phenoxy) is 1. The Morgan fingerprint density at radius 3 is 2.52 bits per heavy atom. The molecule has 1 amide bonds. The molecule has 0 heterocycles. The monoisotopic (exact) mass is 410 g/mol. The van der Waals surface area contributed by atoms with Gasteiger partial charge in [0.1, 0.15) is 6.04 Å². The summed E-state index contributed by atoms with van der Waals surface area (Å²) in [6.07, 6.45) is 1.74. The van der Waals surface area contributed by atoms with Gasteiger partial charge in [0.15, 0.2) is 6.61 Å². The Kier molecular flexibility index (Phi) is 8.64. The first-order valence-electron chi connectivity index (χ1n) is 7.58. The van der Waals surface area contributed by atoms with Gasteiger partial charge in [-0.25, -0.2) is 8.42 Å². The lowest BCUT2D eigenvalue weighted by atomic mass is 10.3. The molecule has 0 aliphatic carbocycles. The first-order valence-corrected chi connectivity index (χ1v) is 9.82. The average molecular weight is 411 g/mol. The molecule has 7 nitrogen and oxygen atoms in total. The number of amides is 1. The fourth-order valence-electron chi connectivity index (χ4n) is 1.71. The van der Waals surface area contributed by atoms with Crippen LogP contribution in [-0.4, -0.2) is 39.5 Å². The van der Waals surface area contributed by atoms with E-state index in [2.05, 4.69) is 10.0 Å². The molecule has 2 N–H and O–H groups in total. The summed E-state index contributed by atoms with van der Waals surface area (Å²) in [4.78, 5) is 23.2. The molecule has 1 aromatic carbocycles. The minimum atomic E-state index is -3.99. The third kappa shape index (κ3) is 7.19. The van der Waals surface area contributed by atoms with Gasteiger partial charge in [-0.15, -0.1) is 0 Å². The van der Waals surface area contributed by atoms with Crippen molar-refractivity contribution in [2.45, 2.75) is 37.6 Å². The fourth-order valence-corrected chi connectivity index (χ4v) is 3.29. The number of hydrogen-bond acceptors (Lipinski definition) is 5. The number of esters is 1. The lowest BCUT2D eigenvalue weighted by Gasteiger charge is -2.14. The second-order valence-electron chi connectivity index (χ2n) is 5.23. The first-order chi connectivity index (χ1) is 11.7. The van der Waals surface area contributed by atoms with Crippen molar-refractivity contribution in [2.24, 2.45) is 0 Å². The van der Waals surface area contributed by atoms with Crippen LogP contribution in [0.15, 0.2) is 23.1 Å². The maximum absolute atomic E-state index is 12.2. The number of benzene rings is 1. The Balaban J connectivity index is 2.58. The Morgan fingerprint density at radius 2 is 1.92 bits per heavy atom. The number of hydrogen-bond donors (Lipinski definition) is 2. The summed E-state index contributed by atoms with van der Waals surface area (Å²) < 4.78 is 31.4. The van der Waals surface area contributed by atoms with Crippen molar-refractivity contribution in [2.75, 3.05) is 13.2 Å². The predicted octanol–water partition coefficient (Wildman–Crippen LogP) is 2.12. The smallest absolute Gasteiger partial charge is 0.324 e. The highest BCUT2D eigenvalue weighted by Crippen LogP contribution is 2.24. The van der Waals surface area contributed by atoms with E-state index in [9.17, 15) is 18.0 Å². The molecule has 0 aliphatic heterocycles. The summed E-state index contributed by atoms with van der Waals surface area (Å²) in [6.45, 7) is 3.31. The van der Waals surface area contributed by atoms with Gasteiger partial charge in [-0.3, -0.25) is 9.59 Å². The van der Waals surface area contributed by atoms with E-state index in [4.69, 9.17) is 27.9 Å². The van der Waals surface area contributed by atoms with E-state index in [-0.39, 0.29) is 14.9 Å². The standard InChI is InChI=1S/C15H20Cl2N2O5S/c1-3-4-7-18-14(20)9-24-15(21)10(2)19-25(22,23)11-5-6-12(16)13(17)8-11/h5-6,8,10,19H,3-4,7,9H2,1-2H3,(H,18,20)/t10-/m0/s1. The van der Waals surface area contributed by atoms with E-state index < -0.39 is 34.5 Å². The van der Waals surface area contributed by atoms with E-state index in [0.29, 0.717) is 6.54 Å². The molecular weight excluding hydrogens is 391 g/mol. The van der Waals surface area contributed by atoms with Crippen molar-refractivity contribution >= 4 is 45.1 Å². The highest BCUT2D eigenvalue weighted by atomic mass is 35.5. The molecular formula is C15H20Cl2N2O5S. The van der Waals surface area contributed by atoms with Gasteiger partial charge in [-0.1, -0.05) is 36.5 Å². The van der Waals surface area contributed by atoms with Crippen LogP contribution in [0, 0.1) is 0 Å². The zero-order valence-corrected chi connectivity index (χ0v) is 16.2. The second-order valence-corrected chi connectivity index (χ2v) is 7.76. The van der Waals surface area contributed by atoms with Gasteiger partial charge in [-0.05, 0) is 31.5 Å². The number of nitrogens with one attached hydrogen (secondary N) is 2. The molecule has 1 atom stereocenters. The van der Waals surface area contributed by atoms with E-state index in [0.717, 1.165) is 12.8 Å². The Hall–Kier alpha value is -1.35. The fraction of sp³-hybridized carbons (Fsp3) is 0.467. The van der Waals surface area contributed by atoms with Gasteiger partial charge in [0.2, 0.25) is 10.0 Å². The van der Waals surface area contributed by atoms with Gasteiger partial charge in [0.05, 0.1) is 14.9 Å². The summed E-state index contributed by atoms with van der Waals surface area (Å²) in [5.41, 5.74) is 0. The summed E-state index contributed by atoms with van der Waals surface area (Å²) in [5, 5.41) is 2.86. The number of carbonyl (C=O) groups excluding carboxylic acids is 2. The Labute approximate surface area is 157 Å². The molecule has 1 aromatic rings. The highest BCUT2D eigenvalue weighted by Gasteiger charge is 2.24. The average Bonchev–Trinajstić information content (AvgIpc) is 2.54. The van der Waals surface area contributed by atoms with E-state index in [1.807, 2.05) is 6.92 Å². The molecule has 0 aromatic heterocycles. The van der Waals surface area contributed by atoms with Crippen molar-refractivity contribution in [3.05, 3.63) is 28.2 Å². The van der Waals surface area contributed by atoms with Gasteiger partial charge in [0, 0.05) is 6.54 Å². The first kappa shape index (κ1) is 21.7. The van der Waals surface area contributed by atoms with Crippen LogP contribution in [0.4, 0.5) is 0 Å². The molecule has 0 fully saturated rings. The van der Waals surface area contributed by atoms with E-state index >= 15 is 0 Å². The number of carbonyl (C=O) groups is 2. The van der Waals surface area contributed by atoms with Crippen LogP contribution in [0.1, 0.15) is 26.7 Å². The van der Waals surface area contributed by atoms with Crippen molar-refractivity contribution in [3.63, 3.8) is 0 Å². The Morgan fingerprint density at radius 1 is 1.24 bits per heavy atom. The molecule has 25 heavy (non-hydrogen) atoms. The van der Waals surface area contributed by atoms with E-state index in [1.54, 1.807) is 0 Å². The summed E-state index contributed by atoms with van der Waals surface area (Å²) >= 11 is 11.5. The normalized spacial score (nSPS) is 12.5. The van der Waals surface area contributed by atoms with Crippen LogP contribution in [0.3, 0.4) is 0 Å². The van der Waals surface area contributed by atoms with Crippen molar-refractivity contribution in [1.29, 1.82) is 0 Å². The largest absolute Gasteiger partial charge is 0.454 e. The van der Waals surface area contributed by atoms with Crippen LogP contribution < -0.4 is 10.0 Å². The third-order valence-corrected chi connectivity index (χ3v) is 5.36. The third-order valence-electron chi connectivity index (χ3n) is 3.08. The molecule has 0 unspecified atom stereocenters. The maximum Gasteiger partial charge on any atom is 0.324 e. The van der Waals surface area contributed by atoms with Gasteiger partial charge < -0.3 is 10.1 Å². The van der Waals surface area contributed by atoms with Gasteiger partial charge in [0.25, 0.3) is 5.91 Å². The summed E-state index contributed by atoms with van der Waals surface area (Å²) in [5.74, 6) is -1.31. The van der Waals surface area contributed by atoms with Crippen LogP contribution in [0.2, 0.25) is 10.0 Å². The molecule has 0 radical (unpaired) electrons. The molecule has 0 bridgehead atoms. The number of unbranched alkanes of at least 4 members (excludes halogenated alkanes) is 1. The van der Waals surface area contributed by atoms with E-state index in [1.165, 1.54) is 25.1 Å². The van der Waals surface area contributed by atoms with Crippen LogP contribution in [0.5, 0.6) is 0 Å². The second kappa shape index (κ2) is 9.96. The maximum atomic E-state index is 12.2. The number of sulfonamides is 1. The summed E-state index contributed by atoms with van der Waals surface area (Å²) in [7, 11) is -3.99. The quantitative estimate of drug-likeness (QED) is 0.479. The van der Waals surface area contributed by atoms with Crippen LogP contribution >= 0.6 is 23.2 Å². The number of rotatable bonds is 9. The molecule has 10 heteroatoms. The zero-order valence-electron chi connectivity index (χ0n) is 13.8. The predicted molar refractivity (Wildman–Crippen MR) is 95.1 cm³/mol. The molecule has 0 saturated heterocycles. The summed E-state index contributed by atoms with van der Waals surface area (Å²) in [6, 6.07) is 2.59.